The molecule has 2 aliphatic rings. The molecule has 1 saturated heterocycles. The lowest BCUT2D eigenvalue weighted by molar-refractivity contribution is 0.0877. The molecule has 1 N–H and O–H groups in total. The van der Waals surface area contributed by atoms with Crippen LogP contribution in [-0.2, 0) is 11.3 Å². The Balaban J connectivity index is 1.22. The van der Waals surface area contributed by atoms with Crippen LogP contribution in [0, 0.1) is 11.8 Å². The summed E-state index contributed by atoms with van der Waals surface area (Å²) in [6.07, 6.45) is 0.943. The molecule has 3 aromatic rings. The highest BCUT2D eigenvalue weighted by atomic mass is 16.6. The molecular formula is C21H21N3O3. The Morgan fingerprint density at radius 2 is 2.00 bits per heavy atom. The second-order valence-corrected chi connectivity index (χ2v) is 7.29. The van der Waals surface area contributed by atoms with Crippen molar-refractivity contribution < 1.29 is 13.9 Å². The molecule has 1 amide bonds. The molecule has 27 heavy (non-hydrogen) atoms. The Hall–Kier alpha value is -3.02. The number of likely N-dealkylation sites (tertiary alicyclic amines) is 1. The molecule has 6 heteroatoms. The predicted molar refractivity (Wildman–Crippen MR) is 101 cm³/mol. The average Bonchev–Trinajstić information content (AvgIpc) is 3.19. The van der Waals surface area contributed by atoms with E-state index in [9.17, 15) is 4.79 Å². The van der Waals surface area contributed by atoms with Gasteiger partial charge in [0.2, 0.25) is 0 Å². The number of anilines is 1. The summed E-state index contributed by atoms with van der Waals surface area (Å²) in [5.41, 5.74) is 2.58. The van der Waals surface area contributed by atoms with Gasteiger partial charge in [0.15, 0.2) is 5.58 Å². The van der Waals surface area contributed by atoms with E-state index in [0.717, 1.165) is 23.2 Å². The van der Waals surface area contributed by atoms with Crippen molar-refractivity contribution in [1.82, 2.24) is 9.88 Å². The Morgan fingerprint density at radius 1 is 1.19 bits per heavy atom. The SMILES string of the molecule is O=C(OCc1ccccc1)N1C[C@H]2C[C@H]2[C@H]1CNc1nc2ccccc2o1. The number of aromatic nitrogens is 1. The number of fused-ring (bicyclic) bond motifs is 2. The van der Waals surface area contributed by atoms with Crippen LogP contribution in [0.2, 0.25) is 0 Å². The van der Waals surface area contributed by atoms with Gasteiger partial charge in [0.1, 0.15) is 12.1 Å². The van der Waals surface area contributed by atoms with Gasteiger partial charge in [0, 0.05) is 13.1 Å². The zero-order chi connectivity index (χ0) is 18.2. The number of piperidine rings is 1. The minimum atomic E-state index is -0.240. The molecule has 2 fully saturated rings. The maximum Gasteiger partial charge on any atom is 0.410 e. The number of para-hydroxylation sites is 2. The third-order valence-corrected chi connectivity index (χ3v) is 5.50. The van der Waals surface area contributed by atoms with Crippen LogP contribution >= 0.6 is 0 Å². The van der Waals surface area contributed by atoms with E-state index in [2.05, 4.69) is 10.3 Å². The van der Waals surface area contributed by atoms with E-state index < -0.39 is 0 Å². The zero-order valence-electron chi connectivity index (χ0n) is 14.9. The average molecular weight is 363 g/mol. The minimum absolute atomic E-state index is 0.119. The fourth-order valence-electron chi connectivity index (χ4n) is 3.98. The molecular weight excluding hydrogens is 342 g/mol. The maximum absolute atomic E-state index is 12.6. The van der Waals surface area contributed by atoms with Crippen molar-refractivity contribution in [2.45, 2.75) is 19.1 Å². The fourth-order valence-corrected chi connectivity index (χ4v) is 3.98. The van der Waals surface area contributed by atoms with Gasteiger partial charge in [-0.25, -0.2) is 4.79 Å². The molecule has 1 saturated carbocycles. The normalized spacial score (nSPS) is 23.3. The number of carbonyl (C=O) groups is 1. The van der Waals surface area contributed by atoms with Crippen molar-refractivity contribution in [2.24, 2.45) is 11.8 Å². The number of carbonyl (C=O) groups excluding carboxylic acids is 1. The minimum Gasteiger partial charge on any atom is -0.445 e. The zero-order valence-corrected chi connectivity index (χ0v) is 14.9. The number of oxazole rings is 1. The van der Waals surface area contributed by atoms with Crippen molar-refractivity contribution in [1.29, 1.82) is 0 Å². The quantitative estimate of drug-likeness (QED) is 0.745. The highest BCUT2D eigenvalue weighted by molar-refractivity contribution is 5.74. The van der Waals surface area contributed by atoms with E-state index in [-0.39, 0.29) is 12.1 Å². The molecule has 0 radical (unpaired) electrons. The van der Waals surface area contributed by atoms with Crippen LogP contribution in [-0.4, -0.2) is 35.1 Å². The molecule has 2 heterocycles. The van der Waals surface area contributed by atoms with E-state index >= 15 is 0 Å². The summed E-state index contributed by atoms with van der Waals surface area (Å²) in [6, 6.07) is 18.1. The Kier molecular flexibility index (Phi) is 3.96. The van der Waals surface area contributed by atoms with Gasteiger partial charge in [0.25, 0.3) is 6.01 Å². The number of ether oxygens (including phenoxy) is 1. The Bertz CT molecular complexity index is 922. The second-order valence-electron chi connectivity index (χ2n) is 7.29. The highest BCUT2D eigenvalue weighted by Gasteiger charge is 2.54. The smallest absolute Gasteiger partial charge is 0.410 e. The summed E-state index contributed by atoms with van der Waals surface area (Å²) >= 11 is 0. The first kappa shape index (κ1) is 16.2. The van der Waals surface area contributed by atoms with Crippen LogP contribution in [0.1, 0.15) is 12.0 Å². The van der Waals surface area contributed by atoms with E-state index in [1.165, 1.54) is 6.42 Å². The third kappa shape index (κ3) is 3.23. The molecule has 2 aromatic carbocycles. The first-order valence-electron chi connectivity index (χ1n) is 9.35. The molecule has 0 spiro atoms. The number of nitrogens with one attached hydrogen (secondary N) is 1. The van der Waals surface area contributed by atoms with Crippen LogP contribution < -0.4 is 5.32 Å². The van der Waals surface area contributed by atoms with Gasteiger partial charge in [-0.05, 0) is 36.0 Å². The number of benzene rings is 2. The highest BCUT2D eigenvalue weighted by Crippen LogP contribution is 2.49. The molecule has 138 valence electrons. The van der Waals surface area contributed by atoms with Crippen LogP contribution in [0.3, 0.4) is 0 Å². The van der Waals surface area contributed by atoms with E-state index in [0.29, 0.717) is 31.0 Å². The maximum atomic E-state index is 12.6. The predicted octanol–water partition coefficient (Wildman–Crippen LogP) is 3.90. The van der Waals surface area contributed by atoms with Crippen molar-refractivity contribution in [3.8, 4) is 0 Å². The first-order chi connectivity index (χ1) is 13.3. The summed E-state index contributed by atoms with van der Waals surface area (Å²) in [6.45, 7) is 1.70. The van der Waals surface area contributed by atoms with Crippen molar-refractivity contribution >= 4 is 23.2 Å². The summed E-state index contributed by atoms with van der Waals surface area (Å²) in [5, 5.41) is 3.26. The van der Waals surface area contributed by atoms with E-state index in [4.69, 9.17) is 9.15 Å². The molecule has 1 aliphatic carbocycles. The number of hydrogen-bond acceptors (Lipinski definition) is 5. The lowest BCUT2D eigenvalue weighted by Crippen LogP contribution is -2.42. The van der Waals surface area contributed by atoms with E-state index in [1.54, 1.807) is 0 Å². The van der Waals surface area contributed by atoms with Gasteiger partial charge >= 0.3 is 6.09 Å². The van der Waals surface area contributed by atoms with Crippen LogP contribution in [0.25, 0.3) is 11.1 Å². The topological polar surface area (TPSA) is 67.6 Å². The molecule has 1 aliphatic heterocycles. The van der Waals surface area contributed by atoms with Gasteiger partial charge in [0.05, 0.1) is 6.04 Å². The number of rotatable bonds is 5. The van der Waals surface area contributed by atoms with Gasteiger partial charge in [-0.1, -0.05) is 42.5 Å². The summed E-state index contributed by atoms with van der Waals surface area (Å²) in [7, 11) is 0. The summed E-state index contributed by atoms with van der Waals surface area (Å²) < 4.78 is 11.3. The van der Waals surface area contributed by atoms with Gasteiger partial charge in [-0.15, -0.1) is 0 Å². The van der Waals surface area contributed by atoms with Crippen LogP contribution in [0.4, 0.5) is 10.8 Å². The fraction of sp³-hybridized carbons (Fsp3) is 0.333. The van der Waals surface area contributed by atoms with Crippen molar-refractivity contribution in [3.05, 3.63) is 60.2 Å². The largest absolute Gasteiger partial charge is 0.445 e. The Morgan fingerprint density at radius 3 is 2.85 bits per heavy atom. The summed E-state index contributed by atoms with van der Waals surface area (Å²) in [5.74, 6) is 1.15. The lowest BCUT2D eigenvalue weighted by atomic mass is 10.2. The number of amides is 1. The number of hydrogen-bond donors (Lipinski definition) is 1. The Labute approximate surface area is 157 Å². The molecule has 0 unspecified atom stereocenters. The monoisotopic (exact) mass is 363 g/mol. The van der Waals surface area contributed by atoms with Crippen molar-refractivity contribution in [2.75, 3.05) is 18.4 Å². The van der Waals surface area contributed by atoms with Gasteiger partial charge in [-0.2, -0.15) is 4.98 Å². The third-order valence-electron chi connectivity index (χ3n) is 5.50. The molecule has 3 atom stereocenters. The molecule has 6 nitrogen and oxygen atoms in total. The molecule has 5 rings (SSSR count). The van der Waals surface area contributed by atoms with Crippen molar-refractivity contribution in [3.63, 3.8) is 0 Å². The van der Waals surface area contributed by atoms with Gasteiger partial charge in [-0.3, -0.25) is 0 Å². The van der Waals surface area contributed by atoms with E-state index in [1.807, 2.05) is 59.5 Å². The standard InChI is InChI=1S/C21H21N3O3/c25-21(26-13-14-6-2-1-3-7-14)24-12-15-10-16(15)18(24)11-22-20-23-17-8-4-5-9-19(17)27-20/h1-9,15-16,18H,10-13H2,(H,22,23)/t15-,16-,18-/m1/s1. The molecule has 1 aromatic heterocycles. The number of nitrogens with zero attached hydrogens (tertiary/aromatic N) is 2. The van der Waals surface area contributed by atoms with Crippen LogP contribution in [0.15, 0.2) is 59.0 Å². The lowest BCUT2D eigenvalue weighted by Gasteiger charge is -2.26. The second kappa shape index (κ2) is 6.61. The molecule has 0 bridgehead atoms. The van der Waals surface area contributed by atoms with Crippen LogP contribution in [0.5, 0.6) is 0 Å². The first-order valence-corrected chi connectivity index (χ1v) is 9.35. The summed E-state index contributed by atoms with van der Waals surface area (Å²) in [4.78, 5) is 18.9. The van der Waals surface area contributed by atoms with Gasteiger partial charge < -0.3 is 19.4 Å².